The monoisotopic (exact) mass is 392 g/mol. The molecule has 1 aromatic rings. The van der Waals surface area contributed by atoms with Crippen molar-refractivity contribution in [2.75, 3.05) is 32.8 Å². The van der Waals surface area contributed by atoms with E-state index in [4.69, 9.17) is 27.9 Å². The number of amides is 1. The van der Waals surface area contributed by atoms with Crippen LogP contribution in [0.5, 0.6) is 0 Å². The van der Waals surface area contributed by atoms with Gasteiger partial charge in [-0.05, 0) is 25.0 Å². The first-order chi connectivity index (χ1) is 11.4. The van der Waals surface area contributed by atoms with Crippen molar-refractivity contribution in [2.45, 2.75) is 23.8 Å². The van der Waals surface area contributed by atoms with E-state index in [0.717, 1.165) is 0 Å². The molecular formula is C15H18Cl2N2O4S. The molecule has 9 heteroatoms. The zero-order valence-electron chi connectivity index (χ0n) is 13.0. The van der Waals surface area contributed by atoms with Gasteiger partial charge in [-0.25, -0.2) is 8.42 Å². The van der Waals surface area contributed by atoms with Gasteiger partial charge < -0.3 is 9.64 Å². The fraction of sp³-hybridized carbons (Fsp3) is 0.533. The third-order valence-electron chi connectivity index (χ3n) is 4.31. The number of morpholine rings is 1. The molecule has 1 atom stereocenters. The molecule has 6 nitrogen and oxygen atoms in total. The average molecular weight is 393 g/mol. The molecule has 0 radical (unpaired) electrons. The average Bonchev–Trinajstić information content (AvgIpc) is 3.08. The smallest absolute Gasteiger partial charge is 0.245 e. The molecule has 1 aromatic carbocycles. The number of carbonyl (C=O) groups excluding carboxylic acids is 1. The normalized spacial score (nSPS) is 22.8. The van der Waals surface area contributed by atoms with E-state index in [1.807, 2.05) is 0 Å². The lowest BCUT2D eigenvalue weighted by molar-refractivity contribution is -0.138. The molecular weight excluding hydrogens is 375 g/mol. The third-order valence-corrected chi connectivity index (χ3v) is 7.20. The van der Waals surface area contributed by atoms with Gasteiger partial charge in [0.1, 0.15) is 10.9 Å². The molecule has 0 bridgehead atoms. The van der Waals surface area contributed by atoms with Gasteiger partial charge in [-0.3, -0.25) is 4.79 Å². The van der Waals surface area contributed by atoms with Gasteiger partial charge in [-0.1, -0.05) is 29.3 Å². The number of hydrogen-bond donors (Lipinski definition) is 0. The quantitative estimate of drug-likeness (QED) is 0.788. The maximum absolute atomic E-state index is 13.0. The van der Waals surface area contributed by atoms with E-state index < -0.39 is 16.1 Å². The largest absolute Gasteiger partial charge is 0.378 e. The second-order valence-corrected chi connectivity index (χ2v) is 8.41. The van der Waals surface area contributed by atoms with Gasteiger partial charge in [0.05, 0.1) is 23.3 Å². The van der Waals surface area contributed by atoms with Crippen molar-refractivity contribution in [1.29, 1.82) is 0 Å². The lowest BCUT2D eigenvalue weighted by Crippen LogP contribution is -2.51. The van der Waals surface area contributed by atoms with Crippen molar-refractivity contribution in [3.8, 4) is 0 Å². The minimum absolute atomic E-state index is 0.0105. The number of carbonyl (C=O) groups is 1. The first-order valence-electron chi connectivity index (χ1n) is 7.75. The van der Waals surface area contributed by atoms with Crippen molar-refractivity contribution < 1.29 is 17.9 Å². The highest BCUT2D eigenvalue weighted by atomic mass is 35.5. The number of sulfonamides is 1. The number of rotatable bonds is 3. The van der Waals surface area contributed by atoms with Crippen LogP contribution in [0.25, 0.3) is 0 Å². The molecule has 2 fully saturated rings. The number of hydrogen-bond acceptors (Lipinski definition) is 4. The highest BCUT2D eigenvalue weighted by Gasteiger charge is 2.42. The van der Waals surface area contributed by atoms with Crippen molar-refractivity contribution in [1.82, 2.24) is 9.21 Å². The summed E-state index contributed by atoms with van der Waals surface area (Å²) < 4.78 is 32.5. The lowest BCUT2D eigenvalue weighted by Gasteiger charge is -2.32. The van der Waals surface area contributed by atoms with Crippen LogP contribution in [0.1, 0.15) is 12.8 Å². The Morgan fingerprint density at radius 1 is 1.17 bits per heavy atom. The SMILES string of the molecule is O=C([C@@H]1CCCN1S(=O)(=O)c1cccc(Cl)c1Cl)N1CCOCC1. The van der Waals surface area contributed by atoms with Gasteiger partial charge >= 0.3 is 0 Å². The van der Waals surface area contributed by atoms with Crippen LogP contribution in [0.15, 0.2) is 23.1 Å². The van der Waals surface area contributed by atoms with Gasteiger partial charge in [-0.2, -0.15) is 4.31 Å². The summed E-state index contributed by atoms with van der Waals surface area (Å²) in [4.78, 5) is 14.4. The van der Waals surface area contributed by atoms with Crippen molar-refractivity contribution in [3.05, 3.63) is 28.2 Å². The minimum atomic E-state index is -3.89. The third kappa shape index (κ3) is 3.28. The summed E-state index contributed by atoms with van der Waals surface area (Å²) in [7, 11) is -3.89. The Morgan fingerprint density at radius 3 is 2.58 bits per heavy atom. The summed E-state index contributed by atoms with van der Waals surface area (Å²) in [5.74, 6) is -0.169. The van der Waals surface area contributed by atoms with E-state index in [0.29, 0.717) is 45.7 Å². The standard InChI is InChI=1S/C15H18Cl2N2O4S/c16-11-3-1-5-13(14(11)17)24(21,22)19-6-2-4-12(19)15(20)18-7-9-23-10-8-18/h1,3,5,12H,2,4,6-10H2/t12-/m0/s1. The van der Waals surface area contributed by atoms with Crippen LogP contribution in [0.4, 0.5) is 0 Å². The summed E-state index contributed by atoms with van der Waals surface area (Å²) >= 11 is 12.0. The number of benzene rings is 1. The zero-order chi connectivity index (χ0) is 17.3. The Labute approximate surface area is 151 Å². The van der Waals surface area contributed by atoms with Crippen LogP contribution in [0.2, 0.25) is 10.0 Å². The van der Waals surface area contributed by atoms with Gasteiger partial charge in [0.25, 0.3) is 0 Å². The highest BCUT2D eigenvalue weighted by Crippen LogP contribution is 2.34. The van der Waals surface area contributed by atoms with Gasteiger partial charge in [0.2, 0.25) is 15.9 Å². The first kappa shape index (κ1) is 17.9. The number of ether oxygens (including phenoxy) is 1. The summed E-state index contributed by atoms with van der Waals surface area (Å²) in [6, 6.07) is 3.79. The van der Waals surface area contributed by atoms with Crippen LogP contribution in [0, 0.1) is 0 Å². The summed E-state index contributed by atoms with van der Waals surface area (Å²) in [6.45, 7) is 2.23. The fourth-order valence-electron chi connectivity index (χ4n) is 3.08. The van der Waals surface area contributed by atoms with Crippen LogP contribution < -0.4 is 0 Å². The second kappa shape index (κ2) is 7.17. The molecule has 132 valence electrons. The molecule has 0 spiro atoms. The Kier molecular flexibility index (Phi) is 5.36. The Bertz CT molecular complexity index is 735. The van der Waals surface area contributed by atoms with Crippen molar-refractivity contribution >= 4 is 39.1 Å². The van der Waals surface area contributed by atoms with Crippen LogP contribution in [-0.4, -0.2) is 62.4 Å². The molecule has 0 aromatic heterocycles. The summed E-state index contributed by atoms with van der Waals surface area (Å²) in [5.41, 5.74) is 0. The van der Waals surface area contributed by atoms with Crippen molar-refractivity contribution in [2.24, 2.45) is 0 Å². The second-order valence-electron chi connectivity index (χ2n) is 5.76. The summed E-state index contributed by atoms with van der Waals surface area (Å²) in [5, 5.41) is 0.164. The fourth-order valence-corrected chi connectivity index (χ4v) is 5.47. The van der Waals surface area contributed by atoms with E-state index in [1.165, 1.54) is 22.5 Å². The maximum atomic E-state index is 13.0. The van der Waals surface area contributed by atoms with E-state index in [1.54, 1.807) is 4.90 Å². The molecule has 0 aliphatic carbocycles. The van der Waals surface area contributed by atoms with Crippen LogP contribution in [-0.2, 0) is 19.6 Å². The molecule has 2 saturated heterocycles. The molecule has 24 heavy (non-hydrogen) atoms. The van der Waals surface area contributed by atoms with E-state index >= 15 is 0 Å². The van der Waals surface area contributed by atoms with Gasteiger partial charge in [-0.15, -0.1) is 0 Å². The molecule has 3 rings (SSSR count). The highest BCUT2D eigenvalue weighted by molar-refractivity contribution is 7.89. The molecule has 1 amide bonds. The number of halogens is 2. The van der Waals surface area contributed by atoms with Gasteiger partial charge in [0.15, 0.2) is 0 Å². The summed E-state index contributed by atoms with van der Waals surface area (Å²) in [6.07, 6.45) is 1.14. The molecule has 2 aliphatic rings. The minimum Gasteiger partial charge on any atom is -0.378 e. The predicted octanol–water partition coefficient (Wildman–Crippen LogP) is 2.01. The zero-order valence-corrected chi connectivity index (χ0v) is 15.3. The first-order valence-corrected chi connectivity index (χ1v) is 9.95. The van der Waals surface area contributed by atoms with E-state index in [9.17, 15) is 13.2 Å². The molecule has 0 saturated carbocycles. The molecule has 0 N–H and O–H groups in total. The van der Waals surface area contributed by atoms with Crippen molar-refractivity contribution in [3.63, 3.8) is 0 Å². The lowest BCUT2D eigenvalue weighted by atomic mass is 10.2. The Balaban J connectivity index is 1.89. The maximum Gasteiger partial charge on any atom is 0.245 e. The van der Waals surface area contributed by atoms with E-state index in [-0.39, 0.29) is 20.8 Å². The molecule has 2 aliphatic heterocycles. The molecule has 2 heterocycles. The topological polar surface area (TPSA) is 66.9 Å². The van der Waals surface area contributed by atoms with E-state index in [2.05, 4.69) is 0 Å². The van der Waals surface area contributed by atoms with Gasteiger partial charge in [0, 0.05) is 19.6 Å². The Morgan fingerprint density at radius 2 is 1.88 bits per heavy atom. The Hall–Kier alpha value is -0.860. The van der Waals surface area contributed by atoms with Crippen LogP contribution >= 0.6 is 23.2 Å². The molecule has 0 unspecified atom stereocenters. The predicted molar refractivity (Wildman–Crippen MR) is 90.8 cm³/mol. The van der Waals surface area contributed by atoms with Crippen LogP contribution in [0.3, 0.4) is 0 Å². The number of nitrogens with zero attached hydrogens (tertiary/aromatic N) is 2.